The summed E-state index contributed by atoms with van der Waals surface area (Å²) in [6.07, 6.45) is 1.68. The Labute approximate surface area is 189 Å². The Morgan fingerprint density at radius 1 is 1.06 bits per heavy atom. The van der Waals surface area contributed by atoms with E-state index in [2.05, 4.69) is 43.0 Å². The summed E-state index contributed by atoms with van der Waals surface area (Å²) in [5.74, 6) is 2.27. The quantitative estimate of drug-likeness (QED) is 0.415. The Morgan fingerprint density at radius 3 is 2.47 bits per heavy atom. The molecule has 0 spiro atoms. The average Bonchev–Trinajstić information content (AvgIpc) is 3.30. The third-order valence-electron chi connectivity index (χ3n) is 5.24. The summed E-state index contributed by atoms with van der Waals surface area (Å²) in [4.78, 5) is 13.1. The van der Waals surface area contributed by atoms with Gasteiger partial charge in [0.2, 0.25) is 0 Å². The lowest BCUT2D eigenvalue weighted by molar-refractivity contribution is 0.0596. The predicted molar refractivity (Wildman–Crippen MR) is 123 cm³/mol. The van der Waals surface area contributed by atoms with Crippen molar-refractivity contribution in [2.45, 2.75) is 39.0 Å². The maximum Gasteiger partial charge on any atom is 0.161 e. The second-order valence-corrected chi connectivity index (χ2v) is 8.14. The minimum Gasteiger partial charge on any atom is -0.493 e. The number of rotatable bonds is 12. The number of carbonyl (C=O) groups is 1. The molecule has 0 amide bonds. The molecule has 0 aliphatic carbocycles. The van der Waals surface area contributed by atoms with E-state index >= 15 is 0 Å². The molecule has 1 heterocycles. The van der Waals surface area contributed by atoms with Crippen LogP contribution in [-0.2, 0) is 13.1 Å². The van der Waals surface area contributed by atoms with Gasteiger partial charge in [-0.3, -0.25) is 9.69 Å². The molecule has 1 atom stereocenters. The first kappa shape index (κ1) is 23.6. The van der Waals surface area contributed by atoms with Gasteiger partial charge in [0.1, 0.15) is 24.8 Å². The molecule has 0 radical (unpaired) electrons. The molecule has 0 bridgehead atoms. The van der Waals surface area contributed by atoms with E-state index < -0.39 is 6.10 Å². The zero-order valence-corrected chi connectivity index (χ0v) is 18.9. The fraction of sp³-hybridized carbons (Fsp3) is 0.346. The summed E-state index contributed by atoms with van der Waals surface area (Å²) >= 11 is 0. The molecule has 1 aromatic heterocycles. The molecule has 0 fully saturated rings. The number of furan rings is 1. The summed E-state index contributed by atoms with van der Waals surface area (Å²) in [5, 5.41) is 10.7. The molecule has 3 aromatic rings. The van der Waals surface area contributed by atoms with Gasteiger partial charge < -0.3 is 19.0 Å². The number of carbonyl (C=O) groups excluding carboxylic acids is 1. The minimum atomic E-state index is -0.727. The van der Waals surface area contributed by atoms with Crippen LogP contribution in [0.1, 0.15) is 47.0 Å². The van der Waals surface area contributed by atoms with Gasteiger partial charge in [-0.15, -0.1) is 0 Å². The highest BCUT2D eigenvalue weighted by Gasteiger charge is 2.16. The molecule has 3 rings (SSSR count). The second-order valence-electron chi connectivity index (χ2n) is 8.14. The van der Waals surface area contributed by atoms with Gasteiger partial charge in [-0.2, -0.15) is 0 Å². The van der Waals surface area contributed by atoms with Crippen molar-refractivity contribution >= 4 is 6.29 Å². The topological polar surface area (TPSA) is 72.1 Å². The van der Waals surface area contributed by atoms with Gasteiger partial charge in [0.25, 0.3) is 0 Å². The van der Waals surface area contributed by atoms with Crippen molar-refractivity contribution in [3.8, 4) is 11.5 Å². The van der Waals surface area contributed by atoms with Crippen LogP contribution in [0.3, 0.4) is 0 Å². The highest BCUT2D eigenvalue weighted by atomic mass is 16.5. The third kappa shape index (κ3) is 6.70. The van der Waals surface area contributed by atoms with E-state index in [-0.39, 0.29) is 6.61 Å². The van der Waals surface area contributed by atoms with Crippen LogP contribution >= 0.6 is 0 Å². The molecule has 1 N–H and O–H groups in total. The van der Waals surface area contributed by atoms with Crippen LogP contribution in [0.25, 0.3) is 0 Å². The maximum absolute atomic E-state index is 11.0. The van der Waals surface area contributed by atoms with Crippen LogP contribution in [0.2, 0.25) is 0 Å². The van der Waals surface area contributed by atoms with E-state index in [4.69, 9.17) is 13.9 Å². The first-order valence-corrected chi connectivity index (χ1v) is 10.8. The molecule has 1 unspecified atom stereocenters. The average molecular weight is 438 g/mol. The number of hydrogen-bond donors (Lipinski definition) is 1. The van der Waals surface area contributed by atoms with E-state index in [1.807, 2.05) is 12.1 Å². The molecule has 0 aliphatic rings. The van der Waals surface area contributed by atoms with E-state index in [0.29, 0.717) is 42.6 Å². The van der Waals surface area contributed by atoms with E-state index in [1.54, 1.807) is 24.5 Å². The Kier molecular flexibility index (Phi) is 8.48. The zero-order valence-electron chi connectivity index (χ0n) is 18.9. The lowest BCUT2D eigenvalue weighted by atomic mass is 10.0. The van der Waals surface area contributed by atoms with Crippen molar-refractivity contribution in [2.24, 2.45) is 0 Å². The van der Waals surface area contributed by atoms with Gasteiger partial charge in [0, 0.05) is 18.7 Å². The SMILES string of the molecule is COc1cc(C=O)ccc1OCC(O)CN(Cc1ccc(C(C)C)cc1)Cc1ccco1. The van der Waals surface area contributed by atoms with Gasteiger partial charge >= 0.3 is 0 Å². The number of hydrogen-bond acceptors (Lipinski definition) is 6. The Balaban J connectivity index is 1.64. The fourth-order valence-corrected chi connectivity index (χ4v) is 3.49. The zero-order chi connectivity index (χ0) is 22.9. The third-order valence-corrected chi connectivity index (χ3v) is 5.24. The minimum absolute atomic E-state index is 0.0950. The first-order valence-electron chi connectivity index (χ1n) is 10.8. The van der Waals surface area contributed by atoms with E-state index in [0.717, 1.165) is 12.0 Å². The molecular formula is C26H31NO5. The fourth-order valence-electron chi connectivity index (χ4n) is 3.49. The number of nitrogens with zero attached hydrogens (tertiary/aromatic N) is 1. The van der Waals surface area contributed by atoms with Gasteiger partial charge in [-0.25, -0.2) is 0 Å². The van der Waals surface area contributed by atoms with Gasteiger partial charge in [0.05, 0.1) is 19.9 Å². The normalized spacial score (nSPS) is 12.2. The van der Waals surface area contributed by atoms with Gasteiger partial charge in [-0.05, 0) is 47.4 Å². The first-order chi connectivity index (χ1) is 15.5. The predicted octanol–water partition coefficient (Wildman–Crippen LogP) is 4.67. The number of aliphatic hydroxyl groups excluding tert-OH is 1. The molecule has 0 saturated heterocycles. The summed E-state index contributed by atoms with van der Waals surface area (Å²) in [5.41, 5.74) is 2.97. The van der Waals surface area contributed by atoms with Crippen LogP contribution in [0, 0.1) is 0 Å². The Bertz CT molecular complexity index is 966. The summed E-state index contributed by atoms with van der Waals surface area (Å²) < 4.78 is 16.6. The second kappa shape index (κ2) is 11.5. The Hall–Kier alpha value is -3.09. The van der Waals surface area contributed by atoms with Crippen molar-refractivity contribution in [1.82, 2.24) is 4.90 Å². The van der Waals surface area contributed by atoms with Crippen LogP contribution < -0.4 is 9.47 Å². The number of methoxy groups -OCH3 is 1. The van der Waals surface area contributed by atoms with Crippen LogP contribution in [0.4, 0.5) is 0 Å². The molecule has 6 heteroatoms. The summed E-state index contributed by atoms with van der Waals surface area (Å²) in [6.45, 7) is 6.10. The van der Waals surface area contributed by atoms with Crippen LogP contribution in [-0.4, -0.2) is 42.7 Å². The van der Waals surface area contributed by atoms with E-state index in [9.17, 15) is 9.90 Å². The molecule has 170 valence electrons. The molecule has 32 heavy (non-hydrogen) atoms. The summed E-state index contributed by atoms with van der Waals surface area (Å²) in [7, 11) is 1.52. The Morgan fingerprint density at radius 2 is 1.84 bits per heavy atom. The van der Waals surface area contributed by atoms with Gasteiger partial charge in [-0.1, -0.05) is 38.1 Å². The number of ether oxygens (including phenoxy) is 2. The highest BCUT2D eigenvalue weighted by molar-refractivity contribution is 5.76. The summed E-state index contributed by atoms with van der Waals surface area (Å²) in [6, 6.07) is 17.3. The molecule has 6 nitrogen and oxygen atoms in total. The van der Waals surface area contributed by atoms with Crippen LogP contribution in [0.5, 0.6) is 11.5 Å². The lowest BCUT2D eigenvalue weighted by Crippen LogP contribution is -2.35. The standard InChI is InChI=1S/C26H31NO5/c1-19(2)22-9-6-20(7-10-22)14-27(16-24-5-4-12-31-24)15-23(29)18-32-25-11-8-21(17-28)13-26(25)30-3/h4-13,17,19,23,29H,14-16,18H2,1-3H3. The number of benzene rings is 2. The van der Waals surface area contributed by atoms with Gasteiger partial charge in [0.15, 0.2) is 11.5 Å². The monoisotopic (exact) mass is 437 g/mol. The number of aldehydes is 1. The van der Waals surface area contributed by atoms with Crippen molar-refractivity contribution in [3.63, 3.8) is 0 Å². The molecule has 0 saturated carbocycles. The largest absolute Gasteiger partial charge is 0.493 e. The lowest BCUT2D eigenvalue weighted by Gasteiger charge is -2.25. The van der Waals surface area contributed by atoms with Crippen molar-refractivity contribution < 1.29 is 23.8 Å². The maximum atomic E-state index is 11.0. The van der Waals surface area contributed by atoms with Crippen molar-refractivity contribution in [3.05, 3.63) is 83.3 Å². The van der Waals surface area contributed by atoms with E-state index in [1.165, 1.54) is 18.2 Å². The van der Waals surface area contributed by atoms with Crippen LogP contribution in [0.15, 0.2) is 65.3 Å². The van der Waals surface area contributed by atoms with Crippen molar-refractivity contribution in [2.75, 3.05) is 20.3 Å². The molecule has 2 aromatic carbocycles. The van der Waals surface area contributed by atoms with Crippen molar-refractivity contribution in [1.29, 1.82) is 0 Å². The smallest absolute Gasteiger partial charge is 0.161 e. The number of aliphatic hydroxyl groups is 1. The molecule has 0 aliphatic heterocycles. The molecular weight excluding hydrogens is 406 g/mol. The highest BCUT2D eigenvalue weighted by Crippen LogP contribution is 2.27.